The molecule has 0 aliphatic rings. The Morgan fingerprint density at radius 3 is 2.29 bits per heavy atom. The molecule has 0 bridgehead atoms. The lowest BCUT2D eigenvalue weighted by Gasteiger charge is -2.17. The zero-order valence-electron chi connectivity index (χ0n) is 10.0. The van der Waals surface area contributed by atoms with Crippen LogP contribution in [-0.4, -0.2) is 28.9 Å². The number of hydrogen-bond acceptors (Lipinski definition) is 5. The van der Waals surface area contributed by atoms with Crippen molar-refractivity contribution in [1.29, 1.82) is 0 Å². The van der Waals surface area contributed by atoms with E-state index >= 15 is 0 Å². The van der Waals surface area contributed by atoms with E-state index in [4.69, 9.17) is 13.7 Å². The third-order valence-corrected chi connectivity index (χ3v) is 2.71. The van der Waals surface area contributed by atoms with Gasteiger partial charge in [0.05, 0.1) is 12.9 Å². The SMILES string of the molecule is COC(OC)c1ccccc1COS(C)(=O)=O. The summed E-state index contributed by atoms with van der Waals surface area (Å²) in [5.74, 6) is 0. The molecule has 1 aromatic carbocycles. The standard InChI is InChI=1S/C11H16O5S/c1-14-11(15-2)10-7-5-4-6-9(10)8-16-17(3,12)13/h4-7,11H,8H2,1-3H3. The maximum Gasteiger partial charge on any atom is 0.264 e. The molecule has 0 heterocycles. The van der Waals surface area contributed by atoms with Crippen LogP contribution in [0.3, 0.4) is 0 Å². The molecule has 0 atom stereocenters. The van der Waals surface area contributed by atoms with Crippen molar-refractivity contribution in [3.63, 3.8) is 0 Å². The lowest BCUT2D eigenvalue weighted by molar-refractivity contribution is -0.106. The second-order valence-electron chi connectivity index (χ2n) is 3.47. The Morgan fingerprint density at radius 1 is 1.18 bits per heavy atom. The molecule has 1 aromatic rings. The summed E-state index contributed by atoms with van der Waals surface area (Å²) in [7, 11) is -0.427. The van der Waals surface area contributed by atoms with E-state index in [-0.39, 0.29) is 6.61 Å². The average Bonchev–Trinajstić information content (AvgIpc) is 2.28. The van der Waals surface area contributed by atoms with Crippen LogP contribution in [0.1, 0.15) is 17.4 Å². The summed E-state index contributed by atoms with van der Waals surface area (Å²) in [5, 5.41) is 0. The van der Waals surface area contributed by atoms with Gasteiger partial charge in [-0.3, -0.25) is 4.18 Å². The molecule has 0 aromatic heterocycles. The predicted octanol–water partition coefficient (Wildman–Crippen LogP) is 1.45. The van der Waals surface area contributed by atoms with Gasteiger partial charge in [-0.05, 0) is 5.56 Å². The van der Waals surface area contributed by atoms with Gasteiger partial charge in [-0.25, -0.2) is 0 Å². The van der Waals surface area contributed by atoms with E-state index < -0.39 is 16.4 Å². The average molecular weight is 260 g/mol. The monoisotopic (exact) mass is 260 g/mol. The first-order valence-electron chi connectivity index (χ1n) is 4.95. The molecule has 0 saturated carbocycles. The van der Waals surface area contributed by atoms with Gasteiger partial charge in [0.1, 0.15) is 0 Å². The lowest BCUT2D eigenvalue weighted by Crippen LogP contribution is -2.09. The Hall–Kier alpha value is -0.950. The number of ether oxygens (including phenoxy) is 2. The van der Waals surface area contributed by atoms with E-state index in [0.717, 1.165) is 11.8 Å². The van der Waals surface area contributed by atoms with Crippen molar-refractivity contribution >= 4 is 10.1 Å². The van der Waals surface area contributed by atoms with Crippen LogP contribution < -0.4 is 0 Å². The molecule has 0 amide bonds. The van der Waals surface area contributed by atoms with Crippen molar-refractivity contribution < 1.29 is 22.1 Å². The maximum absolute atomic E-state index is 10.9. The summed E-state index contributed by atoms with van der Waals surface area (Å²) in [4.78, 5) is 0. The first-order chi connectivity index (χ1) is 7.98. The van der Waals surface area contributed by atoms with E-state index in [0.29, 0.717) is 5.56 Å². The minimum Gasteiger partial charge on any atom is -0.352 e. The Balaban J connectivity index is 2.91. The van der Waals surface area contributed by atoms with E-state index in [1.54, 1.807) is 18.2 Å². The van der Waals surface area contributed by atoms with Crippen molar-refractivity contribution in [3.8, 4) is 0 Å². The van der Waals surface area contributed by atoms with Gasteiger partial charge < -0.3 is 9.47 Å². The quantitative estimate of drug-likeness (QED) is 0.572. The summed E-state index contributed by atoms with van der Waals surface area (Å²) in [6.45, 7) is -0.0295. The van der Waals surface area contributed by atoms with Crippen molar-refractivity contribution in [2.24, 2.45) is 0 Å². The molecule has 0 radical (unpaired) electrons. The van der Waals surface area contributed by atoms with Crippen molar-refractivity contribution in [2.45, 2.75) is 12.9 Å². The van der Waals surface area contributed by atoms with Gasteiger partial charge >= 0.3 is 0 Å². The Bertz CT molecular complexity index is 451. The molecule has 6 heteroatoms. The van der Waals surface area contributed by atoms with Gasteiger partial charge in [-0.15, -0.1) is 0 Å². The van der Waals surface area contributed by atoms with Gasteiger partial charge in [-0.1, -0.05) is 24.3 Å². The molecule has 0 N–H and O–H groups in total. The lowest BCUT2D eigenvalue weighted by atomic mass is 10.1. The fourth-order valence-electron chi connectivity index (χ4n) is 1.42. The van der Waals surface area contributed by atoms with Crippen LogP contribution in [-0.2, 0) is 30.4 Å². The summed E-state index contributed by atoms with van der Waals surface area (Å²) < 4.78 is 36.9. The Morgan fingerprint density at radius 2 is 1.76 bits per heavy atom. The minimum atomic E-state index is -3.46. The highest BCUT2D eigenvalue weighted by Gasteiger charge is 2.14. The summed E-state index contributed by atoms with van der Waals surface area (Å²) in [6.07, 6.45) is 0.481. The first-order valence-corrected chi connectivity index (χ1v) is 6.77. The van der Waals surface area contributed by atoms with E-state index in [1.807, 2.05) is 6.07 Å². The molecule has 0 spiro atoms. The van der Waals surface area contributed by atoms with Crippen molar-refractivity contribution in [1.82, 2.24) is 0 Å². The number of benzene rings is 1. The third kappa shape index (κ3) is 4.43. The molecule has 0 unspecified atom stereocenters. The molecular weight excluding hydrogens is 244 g/mol. The third-order valence-electron chi connectivity index (χ3n) is 2.17. The number of methoxy groups -OCH3 is 2. The highest BCUT2D eigenvalue weighted by molar-refractivity contribution is 7.85. The second-order valence-corrected chi connectivity index (χ2v) is 5.11. The molecule has 96 valence electrons. The van der Waals surface area contributed by atoms with Crippen LogP contribution in [0.4, 0.5) is 0 Å². The highest BCUT2D eigenvalue weighted by Crippen LogP contribution is 2.22. The largest absolute Gasteiger partial charge is 0.352 e. The molecule has 17 heavy (non-hydrogen) atoms. The minimum absolute atomic E-state index is 0.0295. The number of hydrogen-bond donors (Lipinski definition) is 0. The molecule has 0 aliphatic carbocycles. The van der Waals surface area contributed by atoms with Crippen molar-refractivity contribution in [2.75, 3.05) is 20.5 Å². The van der Waals surface area contributed by atoms with Crippen LogP contribution in [0.15, 0.2) is 24.3 Å². The van der Waals surface area contributed by atoms with Gasteiger partial charge in [0.25, 0.3) is 10.1 Å². The topological polar surface area (TPSA) is 61.8 Å². The zero-order chi connectivity index (χ0) is 12.9. The van der Waals surface area contributed by atoms with Crippen LogP contribution in [0, 0.1) is 0 Å². The van der Waals surface area contributed by atoms with Crippen molar-refractivity contribution in [3.05, 3.63) is 35.4 Å². The van der Waals surface area contributed by atoms with E-state index in [2.05, 4.69) is 0 Å². The van der Waals surface area contributed by atoms with Crippen LogP contribution in [0.5, 0.6) is 0 Å². The van der Waals surface area contributed by atoms with E-state index in [9.17, 15) is 8.42 Å². The van der Waals surface area contributed by atoms with Crippen LogP contribution in [0.25, 0.3) is 0 Å². The molecule has 5 nitrogen and oxygen atoms in total. The van der Waals surface area contributed by atoms with Gasteiger partial charge in [-0.2, -0.15) is 8.42 Å². The van der Waals surface area contributed by atoms with Crippen LogP contribution >= 0.6 is 0 Å². The highest BCUT2D eigenvalue weighted by atomic mass is 32.2. The molecular formula is C11H16O5S. The Labute approximate surface area is 101 Å². The molecule has 1 rings (SSSR count). The maximum atomic E-state index is 10.9. The summed E-state index contributed by atoms with van der Waals surface area (Å²) in [6, 6.07) is 7.20. The summed E-state index contributed by atoms with van der Waals surface area (Å²) in [5.41, 5.74) is 1.47. The zero-order valence-corrected chi connectivity index (χ0v) is 10.9. The Kier molecular flexibility index (Phi) is 5.07. The molecule has 0 aliphatic heterocycles. The molecule has 0 fully saturated rings. The first kappa shape index (κ1) is 14.1. The van der Waals surface area contributed by atoms with Gasteiger partial charge in [0.2, 0.25) is 0 Å². The van der Waals surface area contributed by atoms with E-state index in [1.165, 1.54) is 14.2 Å². The molecule has 0 saturated heterocycles. The predicted molar refractivity (Wildman–Crippen MR) is 62.8 cm³/mol. The fraction of sp³-hybridized carbons (Fsp3) is 0.455. The normalized spacial score (nSPS) is 12.0. The second kappa shape index (κ2) is 6.11. The van der Waals surface area contributed by atoms with Gasteiger partial charge in [0, 0.05) is 19.8 Å². The number of rotatable bonds is 6. The summed E-state index contributed by atoms with van der Waals surface area (Å²) >= 11 is 0. The van der Waals surface area contributed by atoms with Crippen LogP contribution in [0.2, 0.25) is 0 Å². The smallest absolute Gasteiger partial charge is 0.264 e. The fourth-order valence-corrected chi connectivity index (χ4v) is 1.76. The van der Waals surface area contributed by atoms with Gasteiger partial charge in [0.15, 0.2) is 6.29 Å².